The molecule has 0 bridgehead atoms. The fraction of sp³-hybridized carbons (Fsp3) is 0.600. The third-order valence-electron chi connectivity index (χ3n) is 2.89. The number of hydrogen-bond acceptors (Lipinski definition) is 7. The molecule has 7 nitrogen and oxygen atoms in total. The second kappa shape index (κ2) is 5.27. The Morgan fingerprint density at radius 2 is 2.39 bits per heavy atom. The molecule has 4 atom stereocenters. The van der Waals surface area contributed by atoms with E-state index < -0.39 is 23.3 Å². The van der Waals surface area contributed by atoms with Crippen molar-refractivity contribution < 1.29 is 14.9 Å². The number of nitrogen functional groups attached to an aromatic ring is 1. The summed E-state index contributed by atoms with van der Waals surface area (Å²) in [5, 5.41) is 18.3. The summed E-state index contributed by atoms with van der Waals surface area (Å²) in [6.07, 6.45) is 0.107. The number of aliphatic hydroxyl groups is 2. The quantitative estimate of drug-likeness (QED) is 0.635. The summed E-state index contributed by atoms with van der Waals surface area (Å²) >= 11 is 1.28. The van der Waals surface area contributed by atoms with Gasteiger partial charge in [-0.2, -0.15) is 4.98 Å². The topological polar surface area (TPSA) is 111 Å². The largest absolute Gasteiger partial charge is 0.395 e. The summed E-state index contributed by atoms with van der Waals surface area (Å²) in [5.41, 5.74) is 4.92. The molecular weight excluding hydrogens is 258 g/mol. The van der Waals surface area contributed by atoms with Crippen LogP contribution in [0.2, 0.25) is 0 Å². The molecule has 4 N–H and O–H groups in total. The SMILES string of the molecule is COC1C(O)[C@@H](CO)S[C@H]1n1ccc(N)nc1=O. The van der Waals surface area contributed by atoms with E-state index in [1.165, 1.54) is 35.7 Å². The molecule has 0 spiro atoms. The van der Waals surface area contributed by atoms with Gasteiger partial charge in [-0.25, -0.2) is 4.79 Å². The number of hydrogen-bond donors (Lipinski definition) is 3. The van der Waals surface area contributed by atoms with E-state index >= 15 is 0 Å². The molecule has 0 saturated carbocycles. The molecule has 2 unspecified atom stereocenters. The van der Waals surface area contributed by atoms with Crippen LogP contribution >= 0.6 is 11.8 Å². The van der Waals surface area contributed by atoms with Gasteiger partial charge in [0.15, 0.2) is 0 Å². The van der Waals surface area contributed by atoms with Crippen molar-refractivity contribution in [2.24, 2.45) is 0 Å². The van der Waals surface area contributed by atoms with E-state index in [9.17, 15) is 9.90 Å². The van der Waals surface area contributed by atoms with Crippen molar-refractivity contribution in [3.05, 3.63) is 22.7 Å². The molecule has 8 heteroatoms. The van der Waals surface area contributed by atoms with Crippen LogP contribution in [0.1, 0.15) is 5.37 Å². The van der Waals surface area contributed by atoms with Gasteiger partial charge in [0, 0.05) is 13.3 Å². The van der Waals surface area contributed by atoms with Gasteiger partial charge in [0.2, 0.25) is 0 Å². The van der Waals surface area contributed by atoms with Gasteiger partial charge in [-0.1, -0.05) is 0 Å². The second-order valence-electron chi connectivity index (χ2n) is 3.98. The third-order valence-corrected chi connectivity index (χ3v) is 4.44. The number of aromatic nitrogens is 2. The summed E-state index contributed by atoms with van der Waals surface area (Å²) in [4.78, 5) is 15.4. The molecule has 0 amide bonds. The normalized spacial score (nSPS) is 31.7. The van der Waals surface area contributed by atoms with E-state index in [0.717, 1.165) is 0 Å². The van der Waals surface area contributed by atoms with Crippen LogP contribution in [0, 0.1) is 0 Å². The van der Waals surface area contributed by atoms with Crippen molar-refractivity contribution in [1.29, 1.82) is 0 Å². The van der Waals surface area contributed by atoms with E-state index in [1.807, 2.05) is 0 Å². The molecule has 0 aliphatic carbocycles. The van der Waals surface area contributed by atoms with Gasteiger partial charge in [-0.15, -0.1) is 11.8 Å². The fourth-order valence-electron chi connectivity index (χ4n) is 1.97. The van der Waals surface area contributed by atoms with E-state index in [2.05, 4.69) is 4.98 Å². The highest BCUT2D eigenvalue weighted by molar-refractivity contribution is 8.00. The Kier molecular flexibility index (Phi) is 3.91. The lowest BCUT2D eigenvalue weighted by atomic mass is 10.1. The zero-order valence-corrected chi connectivity index (χ0v) is 10.6. The standard InChI is InChI=1S/C10H15N3O4S/c1-17-8-7(15)5(4-14)18-9(8)13-3-2-6(11)12-10(13)16/h2-3,5,7-9,14-15H,4H2,1H3,(H2,11,12,16)/t5-,7?,8?,9-/m1/s1. The van der Waals surface area contributed by atoms with E-state index in [1.54, 1.807) is 0 Å². The number of thioether (sulfide) groups is 1. The first kappa shape index (κ1) is 13.3. The molecule has 18 heavy (non-hydrogen) atoms. The van der Waals surface area contributed by atoms with Gasteiger partial charge >= 0.3 is 5.69 Å². The molecule has 2 heterocycles. The first-order valence-corrected chi connectivity index (χ1v) is 6.34. The molecule has 0 aromatic carbocycles. The van der Waals surface area contributed by atoms with Gasteiger partial charge in [-0.05, 0) is 6.07 Å². The van der Waals surface area contributed by atoms with Gasteiger partial charge in [-0.3, -0.25) is 4.57 Å². The Morgan fingerprint density at radius 1 is 1.67 bits per heavy atom. The molecule has 2 rings (SSSR count). The minimum absolute atomic E-state index is 0.146. The molecule has 1 aliphatic heterocycles. The maximum atomic E-state index is 11.7. The fourth-order valence-corrected chi connectivity index (χ4v) is 3.45. The van der Waals surface area contributed by atoms with Gasteiger partial charge in [0.05, 0.1) is 18.0 Å². The van der Waals surface area contributed by atoms with Crippen molar-refractivity contribution in [2.75, 3.05) is 19.5 Å². The summed E-state index contributed by atoms with van der Waals surface area (Å²) in [5.74, 6) is 0.146. The maximum Gasteiger partial charge on any atom is 0.350 e. The Morgan fingerprint density at radius 3 is 2.94 bits per heavy atom. The molecule has 1 aliphatic rings. The zero-order chi connectivity index (χ0) is 13.3. The average molecular weight is 273 g/mol. The van der Waals surface area contributed by atoms with Crippen molar-refractivity contribution in [3.8, 4) is 0 Å². The van der Waals surface area contributed by atoms with Gasteiger partial charge in [0.25, 0.3) is 0 Å². The number of aliphatic hydroxyl groups excluding tert-OH is 2. The summed E-state index contributed by atoms with van der Waals surface area (Å²) in [7, 11) is 1.46. The average Bonchev–Trinajstić information content (AvgIpc) is 2.65. The van der Waals surface area contributed by atoms with Crippen LogP contribution in [0.15, 0.2) is 17.1 Å². The highest BCUT2D eigenvalue weighted by atomic mass is 32.2. The third kappa shape index (κ3) is 2.24. The van der Waals surface area contributed by atoms with Gasteiger partial charge in [0.1, 0.15) is 17.3 Å². The zero-order valence-electron chi connectivity index (χ0n) is 9.76. The highest BCUT2D eigenvalue weighted by Gasteiger charge is 2.44. The lowest BCUT2D eigenvalue weighted by Crippen LogP contribution is -2.37. The van der Waals surface area contributed by atoms with Crippen molar-refractivity contribution in [1.82, 2.24) is 9.55 Å². The Labute approximate surface area is 108 Å². The summed E-state index contributed by atoms with van der Waals surface area (Å²) in [6.45, 7) is -0.181. The van der Waals surface area contributed by atoms with Crippen LogP contribution in [-0.2, 0) is 4.74 Å². The molecular formula is C10H15N3O4S. The Balaban J connectivity index is 2.35. The Hall–Kier alpha value is -1.09. The van der Waals surface area contributed by atoms with E-state index in [4.69, 9.17) is 15.6 Å². The first-order chi connectivity index (χ1) is 8.58. The predicted molar refractivity (Wildman–Crippen MR) is 67.2 cm³/mol. The molecule has 1 fully saturated rings. The van der Waals surface area contributed by atoms with Crippen LogP contribution in [0.3, 0.4) is 0 Å². The Bertz CT molecular complexity index is 480. The number of methoxy groups -OCH3 is 1. The van der Waals surface area contributed by atoms with Crippen LogP contribution in [0.25, 0.3) is 0 Å². The first-order valence-electron chi connectivity index (χ1n) is 5.40. The molecule has 100 valence electrons. The summed E-state index contributed by atoms with van der Waals surface area (Å²) in [6, 6.07) is 1.51. The van der Waals surface area contributed by atoms with Crippen LogP contribution in [0.4, 0.5) is 5.82 Å². The molecule has 1 aromatic rings. The van der Waals surface area contributed by atoms with Crippen molar-refractivity contribution >= 4 is 17.6 Å². The lowest BCUT2D eigenvalue weighted by Gasteiger charge is -2.21. The minimum atomic E-state index is -0.834. The van der Waals surface area contributed by atoms with Crippen LogP contribution in [0.5, 0.6) is 0 Å². The molecule has 1 saturated heterocycles. The number of nitrogens with two attached hydrogens (primary N) is 1. The van der Waals surface area contributed by atoms with E-state index in [0.29, 0.717) is 0 Å². The lowest BCUT2D eigenvalue weighted by molar-refractivity contribution is -0.0189. The highest BCUT2D eigenvalue weighted by Crippen LogP contribution is 2.42. The van der Waals surface area contributed by atoms with Crippen LogP contribution < -0.4 is 11.4 Å². The van der Waals surface area contributed by atoms with E-state index in [-0.39, 0.29) is 17.7 Å². The van der Waals surface area contributed by atoms with Gasteiger partial charge < -0.3 is 20.7 Å². The second-order valence-corrected chi connectivity index (χ2v) is 5.34. The number of rotatable bonds is 3. The van der Waals surface area contributed by atoms with Crippen molar-refractivity contribution in [2.45, 2.75) is 22.8 Å². The smallest absolute Gasteiger partial charge is 0.350 e. The number of ether oxygens (including phenoxy) is 1. The number of anilines is 1. The van der Waals surface area contributed by atoms with Crippen molar-refractivity contribution in [3.63, 3.8) is 0 Å². The minimum Gasteiger partial charge on any atom is -0.395 e. The number of nitrogens with zero attached hydrogens (tertiary/aromatic N) is 2. The van der Waals surface area contributed by atoms with Crippen LogP contribution in [-0.4, -0.2) is 50.9 Å². The maximum absolute atomic E-state index is 11.7. The summed E-state index contributed by atoms with van der Waals surface area (Å²) < 4.78 is 6.56. The molecule has 0 radical (unpaired) electrons. The monoisotopic (exact) mass is 273 g/mol. The predicted octanol–water partition coefficient (Wildman–Crippen LogP) is -1.19. The molecule has 1 aromatic heterocycles.